The summed E-state index contributed by atoms with van der Waals surface area (Å²) in [6.07, 6.45) is 0.834. The van der Waals surface area contributed by atoms with Crippen molar-refractivity contribution >= 4 is 17.5 Å². The maximum absolute atomic E-state index is 13.3. The van der Waals surface area contributed by atoms with Gasteiger partial charge < -0.3 is 19.9 Å². The summed E-state index contributed by atoms with van der Waals surface area (Å²) in [4.78, 5) is 14.7. The van der Waals surface area contributed by atoms with E-state index >= 15 is 0 Å². The van der Waals surface area contributed by atoms with E-state index in [1.165, 1.54) is 12.1 Å². The van der Waals surface area contributed by atoms with Gasteiger partial charge in [0.1, 0.15) is 5.82 Å². The molecule has 4 rings (SSSR count). The monoisotopic (exact) mass is 476 g/mol. The molecule has 8 heteroatoms. The van der Waals surface area contributed by atoms with Crippen LogP contribution in [0, 0.1) is 5.82 Å². The van der Waals surface area contributed by atoms with Gasteiger partial charge in [0, 0.05) is 30.7 Å². The predicted molar refractivity (Wildman–Crippen MR) is 123 cm³/mol. The number of carbonyl (C=O) groups excluding carboxylic acids is 1. The molecule has 0 aliphatic carbocycles. The molecule has 2 N–H and O–H groups in total. The van der Waals surface area contributed by atoms with E-state index in [-0.39, 0.29) is 43.0 Å². The molecule has 0 saturated carbocycles. The van der Waals surface area contributed by atoms with Crippen LogP contribution < -0.4 is 5.32 Å². The molecule has 2 aromatic rings. The van der Waals surface area contributed by atoms with Crippen molar-refractivity contribution in [3.63, 3.8) is 0 Å². The molecule has 2 saturated heterocycles. The molecule has 0 spiro atoms. The quantitative estimate of drug-likeness (QED) is 0.669. The van der Waals surface area contributed by atoms with Crippen LogP contribution in [0.3, 0.4) is 0 Å². The van der Waals surface area contributed by atoms with E-state index < -0.39 is 6.10 Å². The van der Waals surface area contributed by atoms with Gasteiger partial charge in [0.15, 0.2) is 0 Å². The second-order valence-corrected chi connectivity index (χ2v) is 9.17. The lowest BCUT2D eigenvalue weighted by Crippen LogP contribution is -2.55. The zero-order valence-electron chi connectivity index (χ0n) is 18.5. The van der Waals surface area contributed by atoms with Crippen LogP contribution >= 0.6 is 11.6 Å². The first-order chi connectivity index (χ1) is 16.0. The number of ether oxygens (including phenoxy) is 2. The fourth-order valence-corrected chi connectivity index (χ4v) is 4.77. The van der Waals surface area contributed by atoms with Crippen molar-refractivity contribution in [2.75, 3.05) is 19.8 Å². The zero-order chi connectivity index (χ0) is 23.2. The van der Waals surface area contributed by atoms with Gasteiger partial charge in [-0.25, -0.2) is 4.39 Å². The van der Waals surface area contributed by atoms with Crippen LogP contribution in [0.15, 0.2) is 48.5 Å². The molecular formula is C25H30ClFN2O4. The number of nitrogens with zero attached hydrogens (tertiary/aromatic N) is 1. The number of benzene rings is 2. The molecule has 4 atom stereocenters. The summed E-state index contributed by atoms with van der Waals surface area (Å²) in [5, 5.41) is 13.9. The molecule has 2 heterocycles. The summed E-state index contributed by atoms with van der Waals surface area (Å²) in [6, 6.07) is 13.9. The van der Waals surface area contributed by atoms with E-state index in [0.717, 1.165) is 24.0 Å². The number of hydrogen-bond donors (Lipinski definition) is 2. The number of β-amino-alcohol motifs (C(OH)–C–C–N with tert-alkyl or cyclic N) is 1. The molecule has 33 heavy (non-hydrogen) atoms. The van der Waals surface area contributed by atoms with Gasteiger partial charge in [0.25, 0.3) is 0 Å². The molecule has 0 aromatic heterocycles. The molecule has 178 valence electrons. The number of aliphatic hydroxyl groups excluding tert-OH is 1. The van der Waals surface area contributed by atoms with Crippen molar-refractivity contribution in [3.8, 4) is 0 Å². The molecule has 0 bridgehead atoms. The van der Waals surface area contributed by atoms with E-state index in [1.807, 2.05) is 18.2 Å². The van der Waals surface area contributed by atoms with E-state index in [1.54, 1.807) is 18.2 Å². The van der Waals surface area contributed by atoms with Crippen molar-refractivity contribution in [2.24, 2.45) is 0 Å². The van der Waals surface area contributed by atoms with Crippen LogP contribution in [0.2, 0.25) is 5.02 Å². The first-order valence-corrected chi connectivity index (χ1v) is 11.8. The Bertz CT molecular complexity index is 929. The Hall–Kier alpha value is -2.03. The Balaban J connectivity index is 1.34. The van der Waals surface area contributed by atoms with Gasteiger partial charge in [0.2, 0.25) is 5.91 Å². The average Bonchev–Trinajstić information content (AvgIpc) is 2.79. The minimum absolute atomic E-state index is 0.0486. The standard InChI is InChI=1S/C25H30ClFN2O4/c26-22-4-2-1-3-18(22)12-28-25(31)11-21-9-10-23-24(33-21)16-32-15-20(30)14-29(23)13-17-5-7-19(27)8-6-17/h1-8,20-21,23-24,30H,9-16H2,(H,28,31)/t20-,21-,23-,24+/m1/s1. The Morgan fingerprint density at radius 1 is 1.15 bits per heavy atom. The van der Waals surface area contributed by atoms with Crippen LogP contribution in [-0.2, 0) is 27.4 Å². The second-order valence-electron chi connectivity index (χ2n) is 8.76. The summed E-state index contributed by atoms with van der Waals surface area (Å²) in [5.41, 5.74) is 1.85. The molecule has 2 aliphatic heterocycles. The third-order valence-electron chi connectivity index (χ3n) is 6.23. The molecule has 2 aromatic carbocycles. The average molecular weight is 477 g/mol. The highest BCUT2D eigenvalue weighted by atomic mass is 35.5. The van der Waals surface area contributed by atoms with Crippen molar-refractivity contribution in [3.05, 3.63) is 70.5 Å². The lowest BCUT2D eigenvalue weighted by atomic mass is 9.94. The number of fused-ring (bicyclic) bond motifs is 1. The molecular weight excluding hydrogens is 447 g/mol. The molecule has 0 radical (unpaired) electrons. The van der Waals surface area contributed by atoms with Crippen LogP contribution in [0.25, 0.3) is 0 Å². The Kier molecular flexibility index (Phi) is 8.33. The van der Waals surface area contributed by atoms with Crippen molar-refractivity contribution in [2.45, 2.75) is 56.7 Å². The Labute approximate surface area is 198 Å². The Morgan fingerprint density at radius 3 is 2.73 bits per heavy atom. The van der Waals surface area contributed by atoms with Crippen molar-refractivity contribution in [1.82, 2.24) is 10.2 Å². The summed E-state index contributed by atoms with van der Waals surface area (Å²) in [7, 11) is 0. The number of halogens is 2. The normalized spacial score (nSPS) is 26.2. The lowest BCUT2D eigenvalue weighted by Gasteiger charge is -2.44. The second kappa shape index (κ2) is 11.4. The summed E-state index contributed by atoms with van der Waals surface area (Å²) in [5.74, 6) is -0.349. The maximum atomic E-state index is 13.3. The third-order valence-corrected chi connectivity index (χ3v) is 6.60. The van der Waals surface area contributed by atoms with Crippen molar-refractivity contribution in [1.29, 1.82) is 0 Å². The van der Waals surface area contributed by atoms with E-state index in [0.29, 0.717) is 31.3 Å². The van der Waals surface area contributed by atoms with Crippen LogP contribution in [0.1, 0.15) is 30.4 Å². The smallest absolute Gasteiger partial charge is 0.222 e. The number of rotatable bonds is 6. The highest BCUT2D eigenvalue weighted by Crippen LogP contribution is 2.29. The Morgan fingerprint density at radius 2 is 1.94 bits per heavy atom. The SMILES string of the molecule is O=C(C[C@H]1CC[C@@H]2[C@H](COC[C@H](O)CN2Cc2ccc(F)cc2)O1)NCc1ccccc1Cl. The highest BCUT2D eigenvalue weighted by molar-refractivity contribution is 6.31. The van der Waals surface area contributed by atoms with Gasteiger partial charge in [0.05, 0.1) is 37.9 Å². The van der Waals surface area contributed by atoms with Gasteiger partial charge >= 0.3 is 0 Å². The van der Waals surface area contributed by atoms with Gasteiger partial charge in [-0.3, -0.25) is 9.69 Å². The topological polar surface area (TPSA) is 71.0 Å². The number of nitrogens with one attached hydrogen (secondary N) is 1. The van der Waals surface area contributed by atoms with Gasteiger partial charge in [-0.15, -0.1) is 0 Å². The zero-order valence-corrected chi connectivity index (χ0v) is 19.2. The molecule has 1 amide bonds. The largest absolute Gasteiger partial charge is 0.389 e. The van der Waals surface area contributed by atoms with Crippen LogP contribution in [-0.4, -0.2) is 60.0 Å². The van der Waals surface area contributed by atoms with E-state index in [4.69, 9.17) is 21.1 Å². The summed E-state index contributed by atoms with van der Waals surface area (Å²) < 4.78 is 25.3. The molecule has 0 unspecified atom stereocenters. The minimum atomic E-state index is -0.597. The minimum Gasteiger partial charge on any atom is -0.389 e. The van der Waals surface area contributed by atoms with E-state index in [9.17, 15) is 14.3 Å². The van der Waals surface area contributed by atoms with Gasteiger partial charge in [-0.1, -0.05) is 41.9 Å². The number of amides is 1. The first-order valence-electron chi connectivity index (χ1n) is 11.4. The highest BCUT2D eigenvalue weighted by Gasteiger charge is 2.38. The predicted octanol–water partition coefficient (Wildman–Crippen LogP) is 3.29. The van der Waals surface area contributed by atoms with Crippen LogP contribution in [0.4, 0.5) is 4.39 Å². The number of carbonyl (C=O) groups is 1. The molecule has 6 nitrogen and oxygen atoms in total. The molecule has 2 aliphatic rings. The molecule has 2 fully saturated rings. The lowest BCUT2D eigenvalue weighted by molar-refractivity contribution is -0.158. The number of hydrogen-bond acceptors (Lipinski definition) is 5. The van der Waals surface area contributed by atoms with Gasteiger partial charge in [-0.2, -0.15) is 0 Å². The third kappa shape index (κ3) is 6.74. The first kappa shape index (κ1) is 24.1. The summed E-state index contributed by atoms with van der Waals surface area (Å²) >= 11 is 6.16. The van der Waals surface area contributed by atoms with E-state index in [2.05, 4.69) is 10.2 Å². The van der Waals surface area contributed by atoms with Crippen LogP contribution in [0.5, 0.6) is 0 Å². The van der Waals surface area contributed by atoms with Gasteiger partial charge in [-0.05, 0) is 42.2 Å². The fourth-order valence-electron chi connectivity index (χ4n) is 4.57. The maximum Gasteiger partial charge on any atom is 0.222 e. The summed E-state index contributed by atoms with van der Waals surface area (Å²) in [6.45, 7) is 2.01. The van der Waals surface area contributed by atoms with Crippen molar-refractivity contribution < 1.29 is 23.8 Å². The fraction of sp³-hybridized carbons (Fsp3) is 0.480. The number of aliphatic hydroxyl groups is 1.